The number of hydrogen-bond acceptors (Lipinski definition) is 4. The van der Waals surface area contributed by atoms with E-state index in [1.165, 1.54) is 6.92 Å². The number of carbonyl (C=O) groups is 2. The van der Waals surface area contributed by atoms with Gasteiger partial charge in [0.25, 0.3) is 5.91 Å². The second kappa shape index (κ2) is 8.93. The summed E-state index contributed by atoms with van der Waals surface area (Å²) in [5.41, 5.74) is 3.91. The lowest BCUT2D eigenvalue weighted by Crippen LogP contribution is -2.38. The van der Waals surface area contributed by atoms with Gasteiger partial charge in [-0.1, -0.05) is 46.3 Å². The monoisotopic (exact) mass is 482 g/mol. The summed E-state index contributed by atoms with van der Waals surface area (Å²) in [6, 6.07) is 15.6. The predicted molar refractivity (Wildman–Crippen MR) is 121 cm³/mol. The van der Waals surface area contributed by atoms with E-state index in [0.717, 1.165) is 32.6 Å². The highest BCUT2D eigenvalue weighted by Gasteiger charge is 2.30. The average Bonchev–Trinajstić information content (AvgIpc) is 3.09. The Balaban J connectivity index is 1.68. The van der Waals surface area contributed by atoms with E-state index in [1.54, 1.807) is 16.6 Å². The van der Waals surface area contributed by atoms with Crippen molar-refractivity contribution in [2.75, 3.05) is 13.1 Å². The smallest absolute Gasteiger partial charge is 0.272 e. The molecule has 0 unspecified atom stereocenters. The summed E-state index contributed by atoms with van der Waals surface area (Å²) in [6.07, 6.45) is 0. The number of benzene rings is 2. The summed E-state index contributed by atoms with van der Waals surface area (Å²) >= 11 is 3.50. The summed E-state index contributed by atoms with van der Waals surface area (Å²) in [7, 11) is 1.78. The number of carbonyl (C=O) groups excluding carboxylic acids is 2. The molecule has 3 aromatic rings. The van der Waals surface area contributed by atoms with E-state index in [1.807, 2.05) is 48.5 Å². The van der Waals surface area contributed by atoms with E-state index in [4.69, 9.17) is 4.74 Å². The van der Waals surface area contributed by atoms with Crippen LogP contribution in [-0.2, 0) is 25.0 Å². The standard InChI is InChI=1S/C23H23BrN4O3/c1-15(29)25-10-11-28(13-16-6-4-3-5-7-16)23(30)22-19-14-31-20-9-8-17(24)12-18(20)21(19)26-27(22)2/h3-9,12H,10-11,13-14H2,1-2H3,(H,25,29). The molecule has 0 fully saturated rings. The van der Waals surface area contributed by atoms with Gasteiger partial charge >= 0.3 is 0 Å². The highest BCUT2D eigenvalue weighted by molar-refractivity contribution is 9.10. The van der Waals surface area contributed by atoms with Gasteiger partial charge in [-0.3, -0.25) is 14.3 Å². The van der Waals surface area contributed by atoms with Crippen molar-refractivity contribution in [3.63, 3.8) is 0 Å². The molecule has 2 aromatic carbocycles. The van der Waals surface area contributed by atoms with Gasteiger partial charge < -0.3 is 15.0 Å². The molecule has 0 aliphatic carbocycles. The molecule has 2 amide bonds. The van der Waals surface area contributed by atoms with Crippen LogP contribution in [0.1, 0.15) is 28.5 Å². The maximum Gasteiger partial charge on any atom is 0.272 e. The highest BCUT2D eigenvalue weighted by Crippen LogP contribution is 2.39. The number of hydrogen-bond donors (Lipinski definition) is 1. The fourth-order valence-corrected chi connectivity index (χ4v) is 4.09. The molecule has 0 saturated heterocycles. The average molecular weight is 483 g/mol. The van der Waals surface area contributed by atoms with Crippen molar-refractivity contribution >= 4 is 27.7 Å². The molecule has 0 spiro atoms. The number of ether oxygens (including phenoxy) is 1. The van der Waals surface area contributed by atoms with Crippen LogP contribution in [-0.4, -0.2) is 39.6 Å². The molecule has 4 rings (SSSR count). The Morgan fingerprint density at radius 3 is 2.74 bits per heavy atom. The lowest BCUT2D eigenvalue weighted by atomic mass is 10.0. The van der Waals surface area contributed by atoms with E-state index >= 15 is 0 Å². The molecule has 1 aliphatic rings. The minimum Gasteiger partial charge on any atom is -0.488 e. The van der Waals surface area contributed by atoms with Crippen molar-refractivity contribution in [2.45, 2.75) is 20.1 Å². The molecule has 7 nitrogen and oxygen atoms in total. The number of nitrogens with one attached hydrogen (secondary N) is 1. The Labute approximate surface area is 189 Å². The lowest BCUT2D eigenvalue weighted by Gasteiger charge is -2.24. The van der Waals surface area contributed by atoms with E-state index in [0.29, 0.717) is 25.3 Å². The van der Waals surface area contributed by atoms with Crippen LogP contribution in [0.3, 0.4) is 0 Å². The van der Waals surface area contributed by atoms with Gasteiger partial charge in [-0.05, 0) is 23.8 Å². The first-order valence-electron chi connectivity index (χ1n) is 10.00. The first-order chi connectivity index (χ1) is 14.9. The molecule has 1 aliphatic heterocycles. The highest BCUT2D eigenvalue weighted by atomic mass is 79.9. The van der Waals surface area contributed by atoms with Crippen LogP contribution in [0.2, 0.25) is 0 Å². The second-order valence-electron chi connectivity index (χ2n) is 7.42. The fourth-order valence-electron chi connectivity index (χ4n) is 3.72. The SMILES string of the molecule is CC(=O)NCCN(Cc1ccccc1)C(=O)c1c2c(nn1C)-c1cc(Br)ccc1OC2. The Bertz CT molecular complexity index is 1130. The van der Waals surface area contributed by atoms with Crippen molar-refractivity contribution in [1.29, 1.82) is 0 Å². The van der Waals surface area contributed by atoms with Gasteiger partial charge in [-0.25, -0.2) is 0 Å². The Morgan fingerprint density at radius 1 is 1.23 bits per heavy atom. The summed E-state index contributed by atoms with van der Waals surface area (Å²) in [6.45, 7) is 2.94. The van der Waals surface area contributed by atoms with Crippen molar-refractivity contribution in [1.82, 2.24) is 20.0 Å². The zero-order valence-corrected chi connectivity index (χ0v) is 19.0. The number of aromatic nitrogens is 2. The molecule has 0 saturated carbocycles. The molecule has 31 heavy (non-hydrogen) atoms. The molecule has 0 radical (unpaired) electrons. The quantitative estimate of drug-likeness (QED) is 0.582. The van der Waals surface area contributed by atoms with Crippen LogP contribution < -0.4 is 10.1 Å². The third-order valence-corrected chi connectivity index (χ3v) is 5.67. The maximum absolute atomic E-state index is 13.6. The fraction of sp³-hybridized carbons (Fsp3) is 0.261. The van der Waals surface area contributed by atoms with Gasteiger partial charge in [0.15, 0.2) is 0 Å². The number of fused-ring (bicyclic) bond motifs is 3. The predicted octanol–water partition coefficient (Wildman–Crippen LogP) is 3.52. The topological polar surface area (TPSA) is 76.5 Å². The zero-order chi connectivity index (χ0) is 22.0. The second-order valence-corrected chi connectivity index (χ2v) is 8.34. The van der Waals surface area contributed by atoms with Gasteiger partial charge in [0, 0.05) is 49.2 Å². The summed E-state index contributed by atoms with van der Waals surface area (Å²) < 4.78 is 8.46. The van der Waals surface area contributed by atoms with Crippen LogP contribution >= 0.6 is 15.9 Å². The Morgan fingerprint density at radius 2 is 2.00 bits per heavy atom. The van der Waals surface area contributed by atoms with E-state index < -0.39 is 0 Å². The molecule has 1 N–H and O–H groups in total. The van der Waals surface area contributed by atoms with Gasteiger partial charge in [0.05, 0.1) is 0 Å². The van der Waals surface area contributed by atoms with E-state index in [9.17, 15) is 9.59 Å². The van der Waals surface area contributed by atoms with Crippen molar-refractivity contribution in [2.24, 2.45) is 7.05 Å². The first-order valence-corrected chi connectivity index (χ1v) is 10.8. The third-order valence-electron chi connectivity index (χ3n) is 5.18. The van der Waals surface area contributed by atoms with Crippen LogP contribution in [0.15, 0.2) is 53.0 Å². The van der Waals surface area contributed by atoms with Gasteiger partial charge in [0.2, 0.25) is 5.91 Å². The molecular formula is C23H23BrN4O3. The largest absolute Gasteiger partial charge is 0.488 e. The number of nitrogens with zero attached hydrogens (tertiary/aromatic N) is 3. The van der Waals surface area contributed by atoms with Crippen molar-refractivity contribution < 1.29 is 14.3 Å². The number of halogens is 1. The first kappa shape index (κ1) is 21.1. The molecule has 8 heteroatoms. The zero-order valence-electron chi connectivity index (χ0n) is 17.4. The maximum atomic E-state index is 13.6. The van der Waals surface area contributed by atoms with Gasteiger partial charge in [0.1, 0.15) is 23.7 Å². The van der Waals surface area contributed by atoms with Crippen LogP contribution in [0.25, 0.3) is 11.3 Å². The van der Waals surface area contributed by atoms with Crippen LogP contribution in [0, 0.1) is 0 Å². The molecule has 0 atom stereocenters. The minimum absolute atomic E-state index is 0.124. The van der Waals surface area contributed by atoms with Crippen LogP contribution in [0.4, 0.5) is 0 Å². The summed E-state index contributed by atoms with van der Waals surface area (Å²) in [5.74, 6) is 0.479. The van der Waals surface area contributed by atoms with Crippen molar-refractivity contribution in [3.8, 4) is 17.0 Å². The minimum atomic E-state index is -0.146. The Kier molecular flexibility index (Phi) is 6.08. The number of rotatable bonds is 6. The lowest BCUT2D eigenvalue weighted by molar-refractivity contribution is -0.119. The molecular weight excluding hydrogens is 460 g/mol. The van der Waals surface area contributed by atoms with Crippen LogP contribution in [0.5, 0.6) is 5.75 Å². The number of amides is 2. The Hall–Kier alpha value is -3.13. The summed E-state index contributed by atoms with van der Waals surface area (Å²) in [4.78, 5) is 26.7. The molecule has 1 aromatic heterocycles. The molecule has 0 bridgehead atoms. The van der Waals surface area contributed by atoms with E-state index in [-0.39, 0.29) is 18.4 Å². The normalized spacial score (nSPS) is 11.8. The molecule has 2 heterocycles. The summed E-state index contributed by atoms with van der Waals surface area (Å²) in [5, 5.41) is 7.42. The van der Waals surface area contributed by atoms with Gasteiger partial charge in [-0.15, -0.1) is 0 Å². The van der Waals surface area contributed by atoms with Crippen molar-refractivity contribution in [3.05, 3.63) is 69.8 Å². The van der Waals surface area contributed by atoms with E-state index in [2.05, 4.69) is 26.3 Å². The molecule has 160 valence electrons. The number of aryl methyl sites for hydroxylation is 1. The third kappa shape index (κ3) is 4.49. The van der Waals surface area contributed by atoms with Gasteiger partial charge in [-0.2, -0.15) is 5.10 Å².